The first-order chi connectivity index (χ1) is 12.0. The summed E-state index contributed by atoms with van der Waals surface area (Å²) in [6.07, 6.45) is 0.969. The van der Waals surface area contributed by atoms with Gasteiger partial charge in [-0.15, -0.1) is 10.2 Å². The Morgan fingerprint density at radius 2 is 2.00 bits per heavy atom. The van der Waals surface area contributed by atoms with Gasteiger partial charge >= 0.3 is 0 Å². The van der Waals surface area contributed by atoms with Crippen molar-refractivity contribution in [3.63, 3.8) is 0 Å². The number of benzene rings is 1. The van der Waals surface area contributed by atoms with Crippen molar-refractivity contribution in [2.45, 2.75) is 38.0 Å². The molecule has 0 spiro atoms. The van der Waals surface area contributed by atoms with E-state index in [4.69, 9.17) is 0 Å². The number of nitrogens with zero attached hydrogens (tertiary/aromatic N) is 4. The lowest BCUT2D eigenvalue weighted by Gasteiger charge is -2.23. The van der Waals surface area contributed by atoms with Crippen LogP contribution in [0, 0.1) is 0 Å². The van der Waals surface area contributed by atoms with Crippen LogP contribution in [0.1, 0.15) is 37.7 Å². The van der Waals surface area contributed by atoms with Crippen LogP contribution in [-0.2, 0) is 11.3 Å². The highest BCUT2D eigenvalue weighted by Crippen LogP contribution is 2.26. The number of hydrogen-bond donors (Lipinski definition) is 1. The number of carbonyl (C=O) groups is 1. The Kier molecular flexibility index (Phi) is 7.46. The second-order valence-electron chi connectivity index (χ2n) is 6.13. The standard InChI is InChI=1S/C18H27N5OS/c1-5-16(22(3)4)17-20-21-18(25-12-11-19-14(2)24)23(17)13-15-9-7-6-8-10-15/h6-10,16H,5,11-13H2,1-4H3,(H,19,24)/t16-/m0/s1. The molecule has 1 amide bonds. The minimum atomic E-state index is -0.00861. The third-order valence-corrected chi connectivity index (χ3v) is 4.91. The molecule has 1 aromatic heterocycles. The highest BCUT2D eigenvalue weighted by Gasteiger charge is 2.22. The van der Waals surface area contributed by atoms with Crippen LogP contribution in [-0.4, -0.2) is 52.0 Å². The van der Waals surface area contributed by atoms with Crippen molar-refractivity contribution in [2.75, 3.05) is 26.4 Å². The van der Waals surface area contributed by atoms with Crippen LogP contribution in [0.15, 0.2) is 35.5 Å². The van der Waals surface area contributed by atoms with Crippen LogP contribution in [0.5, 0.6) is 0 Å². The van der Waals surface area contributed by atoms with E-state index >= 15 is 0 Å². The molecule has 1 aromatic carbocycles. The van der Waals surface area contributed by atoms with E-state index in [-0.39, 0.29) is 11.9 Å². The molecule has 0 fully saturated rings. The molecule has 1 atom stereocenters. The Bertz CT molecular complexity index is 671. The van der Waals surface area contributed by atoms with Crippen LogP contribution < -0.4 is 5.32 Å². The maximum atomic E-state index is 11.0. The lowest BCUT2D eigenvalue weighted by Crippen LogP contribution is -2.24. The molecule has 0 bridgehead atoms. The molecule has 0 aliphatic carbocycles. The Morgan fingerprint density at radius 3 is 2.60 bits per heavy atom. The molecule has 2 aromatic rings. The van der Waals surface area contributed by atoms with E-state index in [1.807, 2.05) is 18.2 Å². The molecule has 2 rings (SSSR count). The van der Waals surface area contributed by atoms with Gasteiger partial charge in [0.15, 0.2) is 11.0 Å². The van der Waals surface area contributed by atoms with Crippen molar-refractivity contribution in [1.82, 2.24) is 25.0 Å². The minimum absolute atomic E-state index is 0.00861. The van der Waals surface area contributed by atoms with Crippen LogP contribution in [0.3, 0.4) is 0 Å². The highest BCUT2D eigenvalue weighted by atomic mass is 32.2. The minimum Gasteiger partial charge on any atom is -0.356 e. The number of nitrogens with one attached hydrogen (secondary N) is 1. The van der Waals surface area contributed by atoms with E-state index in [1.54, 1.807) is 11.8 Å². The van der Waals surface area contributed by atoms with E-state index in [0.717, 1.165) is 29.7 Å². The predicted octanol–water partition coefficient (Wildman–Crippen LogP) is 2.57. The summed E-state index contributed by atoms with van der Waals surface area (Å²) in [5.41, 5.74) is 1.22. The maximum absolute atomic E-state index is 11.0. The molecule has 0 aliphatic heterocycles. The third kappa shape index (κ3) is 5.57. The van der Waals surface area contributed by atoms with Gasteiger partial charge in [0.25, 0.3) is 0 Å². The predicted molar refractivity (Wildman–Crippen MR) is 102 cm³/mol. The largest absolute Gasteiger partial charge is 0.356 e. The third-order valence-electron chi connectivity index (χ3n) is 3.94. The van der Waals surface area contributed by atoms with Gasteiger partial charge in [-0.25, -0.2) is 0 Å². The first-order valence-corrected chi connectivity index (χ1v) is 9.52. The molecule has 0 radical (unpaired) electrons. The van der Waals surface area contributed by atoms with Crippen LogP contribution >= 0.6 is 11.8 Å². The summed E-state index contributed by atoms with van der Waals surface area (Å²) in [4.78, 5) is 13.2. The molecular weight excluding hydrogens is 334 g/mol. The van der Waals surface area contributed by atoms with Crippen molar-refractivity contribution in [3.8, 4) is 0 Å². The first kappa shape index (κ1) is 19.5. The molecule has 0 saturated carbocycles. The van der Waals surface area contributed by atoms with Crippen LogP contribution in [0.25, 0.3) is 0 Å². The summed E-state index contributed by atoms with van der Waals surface area (Å²) in [5, 5.41) is 12.6. The average molecular weight is 362 g/mol. The van der Waals surface area contributed by atoms with Gasteiger partial charge in [0, 0.05) is 19.2 Å². The number of hydrogen-bond acceptors (Lipinski definition) is 5. The molecule has 0 saturated heterocycles. The Morgan fingerprint density at radius 1 is 1.28 bits per heavy atom. The van der Waals surface area contributed by atoms with Gasteiger partial charge in [0.05, 0.1) is 12.6 Å². The van der Waals surface area contributed by atoms with E-state index in [1.165, 1.54) is 12.5 Å². The number of thioether (sulfide) groups is 1. The summed E-state index contributed by atoms with van der Waals surface area (Å²) >= 11 is 1.62. The monoisotopic (exact) mass is 361 g/mol. The van der Waals surface area contributed by atoms with Gasteiger partial charge in [-0.2, -0.15) is 0 Å². The zero-order valence-corrected chi connectivity index (χ0v) is 16.2. The number of amides is 1. The SMILES string of the molecule is CC[C@@H](c1nnc(SCCNC(C)=O)n1Cc1ccccc1)N(C)C. The lowest BCUT2D eigenvalue weighted by atomic mass is 10.2. The van der Waals surface area contributed by atoms with E-state index < -0.39 is 0 Å². The van der Waals surface area contributed by atoms with Gasteiger partial charge in [-0.05, 0) is 26.1 Å². The van der Waals surface area contributed by atoms with Gasteiger partial charge in [0.2, 0.25) is 5.91 Å². The molecule has 7 heteroatoms. The summed E-state index contributed by atoms with van der Waals surface area (Å²) in [6, 6.07) is 10.6. The Hall–Kier alpha value is -1.86. The smallest absolute Gasteiger partial charge is 0.216 e. The zero-order valence-electron chi connectivity index (χ0n) is 15.4. The fourth-order valence-electron chi connectivity index (χ4n) is 2.72. The highest BCUT2D eigenvalue weighted by molar-refractivity contribution is 7.99. The van der Waals surface area contributed by atoms with E-state index in [0.29, 0.717) is 6.54 Å². The molecule has 0 unspecified atom stereocenters. The molecule has 6 nitrogen and oxygen atoms in total. The second kappa shape index (κ2) is 9.58. The number of rotatable bonds is 9. The Labute approximate surface area is 154 Å². The summed E-state index contributed by atoms with van der Waals surface area (Å²) in [5.74, 6) is 1.75. The fourth-order valence-corrected chi connectivity index (χ4v) is 3.52. The zero-order chi connectivity index (χ0) is 18.2. The van der Waals surface area contributed by atoms with E-state index in [9.17, 15) is 4.79 Å². The van der Waals surface area contributed by atoms with Crippen LogP contribution in [0.4, 0.5) is 0 Å². The summed E-state index contributed by atoms with van der Waals surface area (Å²) in [7, 11) is 4.14. The van der Waals surface area contributed by atoms with Crippen molar-refractivity contribution in [2.24, 2.45) is 0 Å². The quantitative estimate of drug-likeness (QED) is 0.549. The summed E-state index contributed by atoms with van der Waals surface area (Å²) < 4.78 is 2.20. The van der Waals surface area contributed by atoms with Gasteiger partial charge in [-0.1, -0.05) is 49.0 Å². The molecule has 1 heterocycles. The van der Waals surface area contributed by atoms with Crippen molar-refractivity contribution < 1.29 is 4.79 Å². The molecule has 1 N–H and O–H groups in total. The van der Waals surface area contributed by atoms with Crippen molar-refractivity contribution >= 4 is 17.7 Å². The average Bonchev–Trinajstić information content (AvgIpc) is 2.95. The summed E-state index contributed by atoms with van der Waals surface area (Å²) in [6.45, 7) is 5.06. The van der Waals surface area contributed by atoms with Crippen molar-refractivity contribution in [3.05, 3.63) is 41.7 Å². The first-order valence-electron chi connectivity index (χ1n) is 8.53. The van der Waals surface area contributed by atoms with Crippen LogP contribution in [0.2, 0.25) is 0 Å². The molecule has 25 heavy (non-hydrogen) atoms. The molecule has 0 aliphatic rings. The molecular formula is C18H27N5OS. The van der Waals surface area contributed by atoms with Gasteiger partial charge in [-0.3, -0.25) is 9.69 Å². The molecule has 136 valence electrons. The van der Waals surface area contributed by atoms with Crippen molar-refractivity contribution in [1.29, 1.82) is 0 Å². The maximum Gasteiger partial charge on any atom is 0.216 e. The lowest BCUT2D eigenvalue weighted by molar-refractivity contribution is -0.118. The number of carbonyl (C=O) groups excluding carboxylic acids is 1. The fraction of sp³-hybridized carbons (Fsp3) is 0.500. The van der Waals surface area contributed by atoms with Gasteiger partial charge < -0.3 is 9.88 Å². The topological polar surface area (TPSA) is 63.1 Å². The number of aromatic nitrogens is 3. The normalized spacial score (nSPS) is 12.4. The van der Waals surface area contributed by atoms with E-state index in [2.05, 4.69) is 58.1 Å². The van der Waals surface area contributed by atoms with Gasteiger partial charge in [0.1, 0.15) is 0 Å². The second-order valence-corrected chi connectivity index (χ2v) is 7.19. The Balaban J connectivity index is 2.22.